The first-order valence-corrected chi connectivity index (χ1v) is 5.32. The van der Waals surface area contributed by atoms with E-state index in [0.29, 0.717) is 10.2 Å². The van der Waals surface area contributed by atoms with Crippen LogP contribution in [0.25, 0.3) is 0 Å². The van der Waals surface area contributed by atoms with Crippen LogP contribution < -0.4 is 5.73 Å². The van der Waals surface area contributed by atoms with Gasteiger partial charge in [0, 0.05) is 12.6 Å². The van der Waals surface area contributed by atoms with Crippen LogP contribution >= 0.6 is 27.5 Å². The number of hydrogen-bond acceptors (Lipinski definition) is 4. The highest BCUT2D eigenvalue weighted by atomic mass is 79.9. The number of furan rings is 1. The molecule has 1 atom stereocenters. The topological polar surface area (TPSA) is 69.9 Å². The molecule has 0 saturated heterocycles. The van der Waals surface area contributed by atoms with E-state index in [2.05, 4.69) is 26.2 Å². The van der Waals surface area contributed by atoms with Crippen molar-refractivity contribution >= 4 is 27.5 Å². The van der Waals surface area contributed by atoms with Crippen molar-refractivity contribution in [1.82, 2.24) is 15.0 Å². The van der Waals surface area contributed by atoms with Gasteiger partial charge in [-0.25, -0.2) is 4.68 Å². The van der Waals surface area contributed by atoms with Crippen molar-refractivity contribution in [3.05, 3.63) is 33.4 Å². The van der Waals surface area contributed by atoms with Gasteiger partial charge in [0.05, 0.1) is 18.0 Å². The summed E-state index contributed by atoms with van der Waals surface area (Å²) in [4.78, 5) is 0. The molecular formula is C8H8BrClN4O. The second-order valence-corrected chi connectivity index (χ2v) is 4.11. The van der Waals surface area contributed by atoms with Gasteiger partial charge < -0.3 is 10.2 Å². The third-order valence-electron chi connectivity index (χ3n) is 2.10. The number of aryl methyl sites for hydroxylation is 1. The van der Waals surface area contributed by atoms with E-state index in [4.69, 9.17) is 21.8 Å². The van der Waals surface area contributed by atoms with Crippen LogP contribution in [-0.4, -0.2) is 15.0 Å². The minimum atomic E-state index is -0.411. The summed E-state index contributed by atoms with van der Waals surface area (Å²) in [5, 5.41) is 7.98. The van der Waals surface area contributed by atoms with E-state index in [0.717, 1.165) is 5.69 Å². The van der Waals surface area contributed by atoms with Crippen molar-refractivity contribution in [2.75, 3.05) is 0 Å². The predicted molar refractivity (Wildman–Crippen MR) is 58.5 cm³/mol. The van der Waals surface area contributed by atoms with Crippen LogP contribution in [0.3, 0.4) is 0 Å². The summed E-state index contributed by atoms with van der Waals surface area (Å²) >= 11 is 9.12. The largest absolute Gasteiger partial charge is 0.453 e. The number of nitrogens with zero attached hydrogens (tertiary/aromatic N) is 3. The van der Waals surface area contributed by atoms with Crippen molar-refractivity contribution in [1.29, 1.82) is 0 Å². The first kappa shape index (κ1) is 10.7. The zero-order valence-corrected chi connectivity index (χ0v) is 10.2. The molecule has 2 aromatic rings. The lowest BCUT2D eigenvalue weighted by atomic mass is 10.1. The summed E-state index contributed by atoms with van der Waals surface area (Å²) in [7, 11) is 1.76. The Morgan fingerprint density at radius 2 is 2.40 bits per heavy atom. The van der Waals surface area contributed by atoms with E-state index in [1.807, 2.05) is 0 Å². The number of aromatic nitrogens is 3. The molecule has 5 nitrogen and oxygen atoms in total. The first-order chi connectivity index (χ1) is 7.11. The maximum Gasteiger partial charge on any atom is 0.198 e. The normalized spacial score (nSPS) is 13.1. The minimum Gasteiger partial charge on any atom is -0.453 e. The minimum absolute atomic E-state index is 0.288. The molecule has 0 saturated carbocycles. The van der Waals surface area contributed by atoms with Crippen LogP contribution in [0.2, 0.25) is 5.22 Å². The first-order valence-electron chi connectivity index (χ1n) is 4.14. The van der Waals surface area contributed by atoms with E-state index in [1.165, 1.54) is 6.26 Å². The van der Waals surface area contributed by atoms with E-state index in [1.54, 1.807) is 17.8 Å². The van der Waals surface area contributed by atoms with E-state index in [-0.39, 0.29) is 5.22 Å². The Balaban J connectivity index is 2.45. The molecule has 7 heteroatoms. The van der Waals surface area contributed by atoms with Gasteiger partial charge in [0.15, 0.2) is 9.82 Å². The molecule has 15 heavy (non-hydrogen) atoms. The Bertz CT molecular complexity index is 461. The van der Waals surface area contributed by atoms with Gasteiger partial charge in [0.2, 0.25) is 0 Å². The molecule has 0 aliphatic heterocycles. The Morgan fingerprint density at radius 1 is 1.67 bits per heavy atom. The number of nitrogens with two attached hydrogens (primary N) is 1. The molecule has 0 aliphatic carbocycles. The summed E-state index contributed by atoms with van der Waals surface area (Å²) in [6, 6.07) is 1.32. The molecule has 2 N–H and O–H groups in total. The van der Waals surface area contributed by atoms with Gasteiger partial charge in [-0.3, -0.25) is 0 Å². The zero-order chi connectivity index (χ0) is 11.0. The van der Waals surface area contributed by atoms with Gasteiger partial charge >= 0.3 is 0 Å². The van der Waals surface area contributed by atoms with Gasteiger partial charge in [-0.2, -0.15) is 0 Å². The summed E-state index contributed by atoms with van der Waals surface area (Å²) in [6.45, 7) is 0. The van der Waals surface area contributed by atoms with Crippen LogP contribution in [0.5, 0.6) is 0 Å². The van der Waals surface area contributed by atoms with Gasteiger partial charge in [-0.15, -0.1) is 5.10 Å². The third kappa shape index (κ3) is 1.80. The summed E-state index contributed by atoms with van der Waals surface area (Å²) in [5.41, 5.74) is 7.49. The van der Waals surface area contributed by atoms with Crippen molar-refractivity contribution in [2.24, 2.45) is 12.8 Å². The van der Waals surface area contributed by atoms with Gasteiger partial charge in [0.25, 0.3) is 0 Å². The molecule has 0 spiro atoms. The Labute approximate surface area is 99.3 Å². The quantitative estimate of drug-likeness (QED) is 0.917. The number of rotatable bonds is 2. The van der Waals surface area contributed by atoms with E-state index >= 15 is 0 Å². The molecule has 2 rings (SSSR count). The van der Waals surface area contributed by atoms with E-state index in [9.17, 15) is 0 Å². The molecular weight excluding hydrogens is 283 g/mol. The van der Waals surface area contributed by atoms with Crippen molar-refractivity contribution in [3.8, 4) is 0 Å². The van der Waals surface area contributed by atoms with Crippen LogP contribution in [0.4, 0.5) is 0 Å². The predicted octanol–water partition coefficient (Wildman–Crippen LogP) is 1.87. The molecule has 0 radical (unpaired) electrons. The van der Waals surface area contributed by atoms with Crippen LogP contribution in [0, 0.1) is 0 Å². The second-order valence-electron chi connectivity index (χ2n) is 3.02. The Hall–Kier alpha value is -0.850. The molecule has 2 heterocycles. The number of hydrogen-bond donors (Lipinski definition) is 1. The summed E-state index contributed by atoms with van der Waals surface area (Å²) in [5.74, 6) is 0. The standard InChI is InChI=1S/C8H8BrClN4O/c1-14-6(7(9)12-13-14)5(11)4-2-3-15-8(4)10/h2-3,5H,11H2,1H3. The average Bonchev–Trinajstić information content (AvgIpc) is 2.73. The molecule has 80 valence electrons. The van der Waals surface area contributed by atoms with E-state index < -0.39 is 6.04 Å². The highest BCUT2D eigenvalue weighted by Crippen LogP contribution is 2.29. The molecule has 0 fully saturated rings. The van der Waals surface area contributed by atoms with Gasteiger partial charge in [0.1, 0.15) is 0 Å². The summed E-state index contributed by atoms with van der Waals surface area (Å²) < 4.78 is 7.19. The molecule has 0 amide bonds. The van der Waals surface area contributed by atoms with Crippen LogP contribution in [0.15, 0.2) is 21.3 Å². The highest BCUT2D eigenvalue weighted by molar-refractivity contribution is 9.10. The molecule has 2 aromatic heterocycles. The van der Waals surface area contributed by atoms with Gasteiger partial charge in [-0.05, 0) is 33.6 Å². The monoisotopic (exact) mass is 290 g/mol. The van der Waals surface area contributed by atoms with Crippen LogP contribution in [-0.2, 0) is 7.05 Å². The SMILES string of the molecule is Cn1nnc(Br)c1C(N)c1ccoc1Cl. The number of halogens is 2. The average molecular weight is 292 g/mol. The Kier molecular flexibility index (Phi) is 2.81. The fourth-order valence-electron chi connectivity index (χ4n) is 1.34. The Morgan fingerprint density at radius 3 is 2.87 bits per heavy atom. The molecule has 0 bridgehead atoms. The third-order valence-corrected chi connectivity index (χ3v) is 2.97. The highest BCUT2D eigenvalue weighted by Gasteiger charge is 2.21. The van der Waals surface area contributed by atoms with Gasteiger partial charge in [-0.1, -0.05) is 5.21 Å². The maximum atomic E-state index is 6.03. The van der Waals surface area contributed by atoms with Crippen molar-refractivity contribution in [2.45, 2.75) is 6.04 Å². The van der Waals surface area contributed by atoms with Crippen molar-refractivity contribution < 1.29 is 4.42 Å². The summed E-state index contributed by atoms with van der Waals surface area (Å²) in [6.07, 6.45) is 1.50. The molecule has 0 aromatic carbocycles. The maximum absolute atomic E-state index is 6.03. The lowest BCUT2D eigenvalue weighted by molar-refractivity contribution is 0.562. The molecule has 1 unspecified atom stereocenters. The lowest BCUT2D eigenvalue weighted by Crippen LogP contribution is -2.16. The lowest BCUT2D eigenvalue weighted by Gasteiger charge is -2.09. The van der Waals surface area contributed by atoms with Crippen LogP contribution in [0.1, 0.15) is 17.3 Å². The fraction of sp³-hybridized carbons (Fsp3) is 0.250. The molecule has 0 aliphatic rings. The zero-order valence-electron chi connectivity index (χ0n) is 7.82. The second kappa shape index (κ2) is 3.96. The smallest absolute Gasteiger partial charge is 0.198 e. The fourth-order valence-corrected chi connectivity index (χ4v) is 2.15. The van der Waals surface area contributed by atoms with Crippen molar-refractivity contribution in [3.63, 3.8) is 0 Å².